The Morgan fingerprint density at radius 1 is 1.21 bits per heavy atom. The van der Waals surface area contributed by atoms with Gasteiger partial charge in [0.15, 0.2) is 0 Å². The number of anilines is 1. The molecule has 174 valence electrons. The molecule has 0 saturated carbocycles. The zero-order chi connectivity index (χ0) is 23.7. The Bertz CT molecular complexity index is 1320. The number of hydrogen-bond donors (Lipinski definition) is 1. The number of nitrogens with zero attached hydrogens (tertiary/aromatic N) is 4. The molecule has 1 amide bonds. The summed E-state index contributed by atoms with van der Waals surface area (Å²) >= 11 is 4.78. The summed E-state index contributed by atoms with van der Waals surface area (Å²) in [4.78, 5) is 25.8. The molecule has 0 aliphatic carbocycles. The number of fused-ring (bicyclic) bond motifs is 1. The summed E-state index contributed by atoms with van der Waals surface area (Å²) < 4.78 is 37.5. The van der Waals surface area contributed by atoms with Crippen LogP contribution >= 0.6 is 11.6 Å². The van der Waals surface area contributed by atoms with E-state index in [1.165, 1.54) is 30.6 Å². The SMILES string of the molecule is O=C(Nc1ccc(OC(F)(F)Cl)cc1)c1cc(-c2cncnc2)c2c(c1)ncn2[C@H]1CCOC1. The summed E-state index contributed by atoms with van der Waals surface area (Å²) in [5, 5.41) is 2.75. The van der Waals surface area contributed by atoms with Crippen LogP contribution in [0.2, 0.25) is 0 Å². The minimum absolute atomic E-state index is 0.132. The highest BCUT2D eigenvalue weighted by Crippen LogP contribution is 2.33. The molecular formula is C23H18ClF2N5O3. The van der Waals surface area contributed by atoms with Gasteiger partial charge in [-0.15, -0.1) is 8.78 Å². The van der Waals surface area contributed by atoms with Gasteiger partial charge in [0.05, 0.1) is 30.0 Å². The lowest BCUT2D eigenvalue weighted by Gasteiger charge is -2.15. The van der Waals surface area contributed by atoms with Crippen molar-refractivity contribution in [3.8, 4) is 16.9 Å². The number of benzene rings is 2. The largest absolute Gasteiger partial charge is 0.487 e. The molecule has 1 aliphatic rings. The molecule has 1 aliphatic heterocycles. The second-order valence-electron chi connectivity index (χ2n) is 7.71. The third kappa shape index (κ3) is 4.68. The fourth-order valence-corrected chi connectivity index (χ4v) is 4.01. The molecule has 11 heteroatoms. The van der Waals surface area contributed by atoms with E-state index in [0.29, 0.717) is 30.0 Å². The van der Waals surface area contributed by atoms with Gasteiger partial charge in [-0.05, 0) is 42.8 Å². The highest BCUT2D eigenvalue weighted by molar-refractivity contribution is 6.20. The molecule has 0 radical (unpaired) electrons. The van der Waals surface area contributed by atoms with E-state index in [1.807, 2.05) is 0 Å². The molecule has 1 fully saturated rings. The van der Waals surface area contributed by atoms with Gasteiger partial charge >= 0.3 is 5.57 Å². The summed E-state index contributed by atoms with van der Waals surface area (Å²) in [6.45, 7) is 1.27. The Hall–Kier alpha value is -3.63. The lowest BCUT2D eigenvalue weighted by molar-refractivity contribution is -0.0964. The van der Waals surface area contributed by atoms with Crippen molar-refractivity contribution >= 4 is 34.2 Å². The molecule has 1 N–H and O–H groups in total. The number of amides is 1. The fraction of sp³-hybridized carbons (Fsp3) is 0.217. The van der Waals surface area contributed by atoms with Crippen LogP contribution < -0.4 is 10.1 Å². The number of ether oxygens (including phenoxy) is 2. The lowest BCUT2D eigenvalue weighted by atomic mass is 10.0. The van der Waals surface area contributed by atoms with Crippen molar-refractivity contribution in [2.75, 3.05) is 18.5 Å². The monoisotopic (exact) mass is 485 g/mol. The number of nitrogens with one attached hydrogen (secondary N) is 1. The van der Waals surface area contributed by atoms with E-state index in [2.05, 4.69) is 29.6 Å². The topological polar surface area (TPSA) is 91.2 Å². The minimum atomic E-state index is -3.81. The number of aromatic nitrogens is 4. The average molecular weight is 486 g/mol. The van der Waals surface area contributed by atoms with Crippen LogP contribution in [0.3, 0.4) is 0 Å². The van der Waals surface area contributed by atoms with Gasteiger partial charge in [0.25, 0.3) is 5.91 Å². The Morgan fingerprint density at radius 3 is 2.65 bits per heavy atom. The van der Waals surface area contributed by atoms with Crippen LogP contribution in [0.4, 0.5) is 14.5 Å². The lowest BCUT2D eigenvalue weighted by Crippen LogP contribution is -2.16. The molecule has 8 nitrogen and oxygen atoms in total. The van der Waals surface area contributed by atoms with Crippen LogP contribution in [-0.2, 0) is 4.74 Å². The third-order valence-electron chi connectivity index (χ3n) is 5.45. The number of carbonyl (C=O) groups excluding carboxylic acids is 1. The van der Waals surface area contributed by atoms with Gasteiger partial charge < -0.3 is 19.4 Å². The van der Waals surface area contributed by atoms with E-state index >= 15 is 0 Å². The molecule has 5 rings (SSSR count). The van der Waals surface area contributed by atoms with Crippen LogP contribution in [0.15, 0.2) is 61.4 Å². The smallest absolute Gasteiger partial charge is 0.420 e. The Balaban J connectivity index is 1.48. The molecule has 0 bridgehead atoms. The van der Waals surface area contributed by atoms with E-state index in [1.54, 1.807) is 30.9 Å². The van der Waals surface area contributed by atoms with E-state index in [-0.39, 0.29) is 11.8 Å². The number of halogens is 3. The van der Waals surface area contributed by atoms with Gasteiger partial charge in [-0.2, -0.15) is 0 Å². The maximum absolute atomic E-state index is 13.0. The van der Waals surface area contributed by atoms with Gasteiger partial charge in [0, 0.05) is 53.0 Å². The molecular weight excluding hydrogens is 468 g/mol. The Labute approximate surface area is 197 Å². The van der Waals surface area contributed by atoms with Gasteiger partial charge in [-0.3, -0.25) is 4.79 Å². The maximum atomic E-state index is 13.0. The molecule has 2 aromatic carbocycles. The van der Waals surface area contributed by atoms with Gasteiger partial charge in [-0.1, -0.05) is 0 Å². The van der Waals surface area contributed by atoms with Gasteiger partial charge in [0.1, 0.15) is 12.1 Å². The molecule has 1 saturated heterocycles. The predicted octanol–water partition coefficient (Wildman–Crippen LogP) is 4.87. The first-order chi connectivity index (χ1) is 16.4. The molecule has 34 heavy (non-hydrogen) atoms. The standard InChI is InChI=1S/C23H18ClF2N5O3/c24-23(25,26)34-18-3-1-16(2-4-18)30-22(32)14-7-19(15-9-27-12-28-10-15)21-20(8-14)29-13-31(21)17-5-6-33-11-17/h1-4,7-10,12-13,17H,5-6,11H2,(H,30,32)/t17-/m0/s1. The van der Waals surface area contributed by atoms with Crippen LogP contribution in [0, 0.1) is 0 Å². The van der Waals surface area contributed by atoms with E-state index < -0.39 is 11.5 Å². The number of hydrogen-bond acceptors (Lipinski definition) is 6. The van der Waals surface area contributed by atoms with E-state index in [9.17, 15) is 13.6 Å². The number of carbonyl (C=O) groups is 1. The molecule has 4 aromatic rings. The maximum Gasteiger partial charge on any atom is 0.487 e. The molecule has 2 aromatic heterocycles. The summed E-state index contributed by atoms with van der Waals surface area (Å²) in [5.41, 5.74) is -0.0319. The Kier molecular flexibility index (Phi) is 5.84. The first-order valence-corrected chi connectivity index (χ1v) is 10.8. The van der Waals surface area contributed by atoms with Gasteiger partial charge in [0.2, 0.25) is 0 Å². The van der Waals surface area contributed by atoms with Crippen LogP contribution in [-0.4, -0.2) is 44.2 Å². The van der Waals surface area contributed by atoms with Crippen molar-refractivity contribution in [1.29, 1.82) is 0 Å². The predicted molar refractivity (Wildman–Crippen MR) is 121 cm³/mol. The third-order valence-corrected chi connectivity index (χ3v) is 5.52. The minimum Gasteiger partial charge on any atom is -0.420 e. The van der Waals surface area contributed by atoms with Crippen molar-refractivity contribution in [3.63, 3.8) is 0 Å². The number of imidazole rings is 1. The van der Waals surface area contributed by atoms with Crippen LogP contribution in [0.5, 0.6) is 5.75 Å². The Morgan fingerprint density at radius 2 is 1.97 bits per heavy atom. The highest BCUT2D eigenvalue weighted by Gasteiger charge is 2.27. The number of alkyl halides is 3. The van der Waals surface area contributed by atoms with E-state index in [0.717, 1.165) is 23.1 Å². The first-order valence-electron chi connectivity index (χ1n) is 10.4. The van der Waals surface area contributed by atoms with Crippen molar-refractivity contribution in [3.05, 3.63) is 67.0 Å². The molecule has 1 atom stereocenters. The quantitative estimate of drug-likeness (QED) is 0.392. The van der Waals surface area contributed by atoms with Crippen molar-refractivity contribution in [1.82, 2.24) is 19.5 Å². The van der Waals surface area contributed by atoms with Crippen molar-refractivity contribution < 1.29 is 23.0 Å². The second-order valence-corrected chi connectivity index (χ2v) is 8.15. The fourth-order valence-electron chi connectivity index (χ4n) is 3.92. The van der Waals surface area contributed by atoms with Crippen molar-refractivity contribution in [2.24, 2.45) is 0 Å². The van der Waals surface area contributed by atoms with Crippen molar-refractivity contribution in [2.45, 2.75) is 18.0 Å². The van der Waals surface area contributed by atoms with Crippen LogP contribution in [0.25, 0.3) is 22.2 Å². The molecule has 0 spiro atoms. The average Bonchev–Trinajstić information content (AvgIpc) is 3.49. The first kappa shape index (κ1) is 22.2. The normalized spacial score (nSPS) is 16.0. The van der Waals surface area contributed by atoms with E-state index in [4.69, 9.17) is 16.3 Å². The zero-order valence-electron chi connectivity index (χ0n) is 17.6. The highest BCUT2D eigenvalue weighted by atomic mass is 35.5. The summed E-state index contributed by atoms with van der Waals surface area (Å²) in [6, 6.07) is 9.06. The van der Waals surface area contributed by atoms with Crippen LogP contribution in [0.1, 0.15) is 22.8 Å². The number of rotatable bonds is 6. The zero-order valence-corrected chi connectivity index (χ0v) is 18.4. The summed E-state index contributed by atoms with van der Waals surface area (Å²) in [6.07, 6.45) is 7.42. The van der Waals surface area contributed by atoms with Gasteiger partial charge in [-0.25, -0.2) is 15.0 Å². The molecule has 3 heterocycles. The molecule has 0 unspecified atom stereocenters. The summed E-state index contributed by atoms with van der Waals surface area (Å²) in [7, 11) is 0. The second kappa shape index (κ2) is 8.96. The summed E-state index contributed by atoms with van der Waals surface area (Å²) in [5.74, 6) is -0.526.